The number of aliphatic hydroxyl groups excluding tert-OH is 1. The predicted molar refractivity (Wildman–Crippen MR) is 91.1 cm³/mol. The average Bonchev–Trinajstić information content (AvgIpc) is 3.29. The van der Waals surface area contributed by atoms with Gasteiger partial charge in [-0.1, -0.05) is 0 Å². The van der Waals surface area contributed by atoms with Crippen LogP contribution in [0.1, 0.15) is 5.56 Å². The average molecular weight is 338 g/mol. The summed E-state index contributed by atoms with van der Waals surface area (Å²) in [5, 5.41) is 23.0. The lowest BCUT2D eigenvalue weighted by atomic mass is 10.2. The minimum Gasteiger partial charge on any atom is -0.463 e. The van der Waals surface area contributed by atoms with Gasteiger partial charge in [-0.15, -0.1) is 0 Å². The number of aliphatic hydroxyl groups is 1. The Balaban J connectivity index is 1.66. The predicted octanol–water partition coefficient (Wildman–Crippen LogP) is 0.975. The Labute approximate surface area is 144 Å². The molecule has 0 saturated carbocycles. The monoisotopic (exact) mass is 338 g/mol. The summed E-state index contributed by atoms with van der Waals surface area (Å²) in [6, 6.07) is 7.66. The Bertz CT molecular complexity index is 903. The number of nitriles is 1. The van der Waals surface area contributed by atoms with Gasteiger partial charge in [-0.2, -0.15) is 10.4 Å². The van der Waals surface area contributed by atoms with Gasteiger partial charge in [-0.25, -0.2) is 9.50 Å². The van der Waals surface area contributed by atoms with Crippen molar-refractivity contribution >= 4 is 11.5 Å². The SMILES string of the molecule is N#Cc1c(-c2ccco2)nn2ccc(N3CCN(CCO)CC3)nc12. The van der Waals surface area contributed by atoms with Crippen molar-refractivity contribution < 1.29 is 9.52 Å². The van der Waals surface area contributed by atoms with Crippen LogP contribution in [0.3, 0.4) is 0 Å². The molecule has 4 heterocycles. The van der Waals surface area contributed by atoms with Crippen LogP contribution in [0.4, 0.5) is 5.82 Å². The molecular weight excluding hydrogens is 320 g/mol. The van der Waals surface area contributed by atoms with Crippen LogP contribution in [0.5, 0.6) is 0 Å². The van der Waals surface area contributed by atoms with Gasteiger partial charge in [0.2, 0.25) is 0 Å². The van der Waals surface area contributed by atoms with Gasteiger partial charge in [-0.05, 0) is 18.2 Å². The Morgan fingerprint density at radius 3 is 2.76 bits per heavy atom. The van der Waals surface area contributed by atoms with Crippen molar-refractivity contribution in [2.45, 2.75) is 0 Å². The number of furan rings is 1. The molecule has 0 amide bonds. The van der Waals surface area contributed by atoms with E-state index in [2.05, 4.69) is 26.0 Å². The molecule has 0 atom stereocenters. The maximum absolute atomic E-state index is 9.57. The van der Waals surface area contributed by atoms with E-state index in [1.165, 1.54) is 0 Å². The summed E-state index contributed by atoms with van der Waals surface area (Å²) in [5.41, 5.74) is 1.45. The highest BCUT2D eigenvalue weighted by molar-refractivity contribution is 5.73. The van der Waals surface area contributed by atoms with Crippen molar-refractivity contribution in [1.29, 1.82) is 5.26 Å². The minimum absolute atomic E-state index is 0.182. The summed E-state index contributed by atoms with van der Waals surface area (Å²) < 4.78 is 6.99. The number of hydrogen-bond acceptors (Lipinski definition) is 7. The Morgan fingerprint density at radius 2 is 2.08 bits per heavy atom. The smallest absolute Gasteiger partial charge is 0.175 e. The third-order valence-corrected chi connectivity index (χ3v) is 4.45. The summed E-state index contributed by atoms with van der Waals surface area (Å²) in [7, 11) is 0. The molecule has 0 bridgehead atoms. The lowest BCUT2D eigenvalue weighted by Gasteiger charge is -2.35. The fourth-order valence-electron chi connectivity index (χ4n) is 3.13. The molecule has 1 fully saturated rings. The van der Waals surface area contributed by atoms with Crippen molar-refractivity contribution in [3.05, 3.63) is 36.2 Å². The van der Waals surface area contributed by atoms with E-state index in [-0.39, 0.29) is 6.61 Å². The second-order valence-corrected chi connectivity index (χ2v) is 5.92. The molecule has 0 unspecified atom stereocenters. The largest absolute Gasteiger partial charge is 0.463 e. The first kappa shape index (κ1) is 15.6. The highest BCUT2D eigenvalue weighted by Gasteiger charge is 2.21. The first-order valence-corrected chi connectivity index (χ1v) is 8.21. The van der Waals surface area contributed by atoms with E-state index in [9.17, 15) is 5.26 Å². The molecule has 4 rings (SSSR count). The fourth-order valence-corrected chi connectivity index (χ4v) is 3.13. The number of fused-ring (bicyclic) bond motifs is 1. The number of piperazine rings is 1. The van der Waals surface area contributed by atoms with E-state index in [4.69, 9.17) is 9.52 Å². The Kier molecular flexibility index (Phi) is 4.09. The molecule has 128 valence electrons. The first-order chi connectivity index (χ1) is 12.3. The standard InChI is InChI=1S/C17H18N6O2/c18-12-13-16(14-2-1-11-25-14)20-23-4-3-15(19-17(13)23)22-7-5-21(6-8-22)9-10-24/h1-4,11,24H,5-10H2. The molecule has 25 heavy (non-hydrogen) atoms. The van der Waals surface area contributed by atoms with Gasteiger partial charge < -0.3 is 14.4 Å². The number of nitrogens with zero attached hydrogens (tertiary/aromatic N) is 6. The molecule has 1 aliphatic heterocycles. The van der Waals surface area contributed by atoms with Crippen LogP contribution < -0.4 is 4.90 Å². The summed E-state index contributed by atoms with van der Waals surface area (Å²) in [6.45, 7) is 4.33. The summed E-state index contributed by atoms with van der Waals surface area (Å²) in [5.74, 6) is 1.39. The number of rotatable bonds is 4. The molecule has 1 N–H and O–H groups in total. The summed E-state index contributed by atoms with van der Waals surface area (Å²) in [4.78, 5) is 9.08. The highest BCUT2D eigenvalue weighted by Crippen LogP contribution is 2.26. The molecule has 3 aromatic heterocycles. The fraction of sp³-hybridized carbons (Fsp3) is 0.353. The summed E-state index contributed by atoms with van der Waals surface area (Å²) in [6.07, 6.45) is 3.39. The molecule has 1 saturated heterocycles. The zero-order valence-electron chi connectivity index (χ0n) is 13.7. The molecule has 8 heteroatoms. The number of aromatic nitrogens is 3. The maximum Gasteiger partial charge on any atom is 0.175 e. The normalized spacial score (nSPS) is 15.6. The second-order valence-electron chi connectivity index (χ2n) is 5.92. The van der Waals surface area contributed by atoms with E-state index >= 15 is 0 Å². The van der Waals surface area contributed by atoms with Crippen molar-refractivity contribution in [1.82, 2.24) is 19.5 Å². The summed E-state index contributed by atoms with van der Waals surface area (Å²) >= 11 is 0. The van der Waals surface area contributed by atoms with Gasteiger partial charge in [0.05, 0.1) is 12.9 Å². The van der Waals surface area contributed by atoms with Crippen molar-refractivity contribution in [2.75, 3.05) is 44.2 Å². The van der Waals surface area contributed by atoms with Gasteiger partial charge in [0.15, 0.2) is 11.4 Å². The van der Waals surface area contributed by atoms with Crippen LogP contribution in [-0.2, 0) is 0 Å². The third-order valence-electron chi connectivity index (χ3n) is 4.45. The van der Waals surface area contributed by atoms with E-state index < -0.39 is 0 Å². The maximum atomic E-state index is 9.57. The van der Waals surface area contributed by atoms with Crippen molar-refractivity contribution in [3.63, 3.8) is 0 Å². The van der Waals surface area contributed by atoms with Crippen LogP contribution >= 0.6 is 0 Å². The minimum atomic E-state index is 0.182. The van der Waals surface area contributed by atoms with E-state index in [0.717, 1.165) is 32.0 Å². The molecule has 0 radical (unpaired) electrons. The lowest BCUT2D eigenvalue weighted by Crippen LogP contribution is -2.47. The second kappa shape index (κ2) is 6.55. The molecule has 0 spiro atoms. The van der Waals surface area contributed by atoms with E-state index in [0.29, 0.717) is 29.2 Å². The zero-order valence-corrected chi connectivity index (χ0v) is 13.7. The number of anilines is 1. The van der Waals surface area contributed by atoms with Crippen LogP contribution in [0.15, 0.2) is 35.1 Å². The molecule has 0 aliphatic carbocycles. The van der Waals surface area contributed by atoms with E-state index in [1.54, 1.807) is 22.9 Å². The van der Waals surface area contributed by atoms with Gasteiger partial charge in [0, 0.05) is 38.9 Å². The highest BCUT2D eigenvalue weighted by atomic mass is 16.3. The van der Waals surface area contributed by atoms with Crippen molar-refractivity contribution in [3.8, 4) is 17.5 Å². The Morgan fingerprint density at radius 1 is 1.24 bits per heavy atom. The molecule has 8 nitrogen and oxygen atoms in total. The van der Waals surface area contributed by atoms with Gasteiger partial charge in [-0.3, -0.25) is 4.90 Å². The lowest BCUT2D eigenvalue weighted by molar-refractivity contribution is 0.188. The molecular formula is C17H18N6O2. The van der Waals surface area contributed by atoms with E-state index in [1.807, 2.05) is 12.3 Å². The number of hydrogen-bond donors (Lipinski definition) is 1. The van der Waals surface area contributed by atoms with Gasteiger partial charge >= 0.3 is 0 Å². The first-order valence-electron chi connectivity index (χ1n) is 8.21. The number of β-amino-alcohol motifs (C(OH)–C–C–N with tert-alkyl or cyclic N) is 1. The quantitative estimate of drug-likeness (QED) is 0.757. The molecule has 3 aromatic rings. The molecule has 0 aromatic carbocycles. The van der Waals surface area contributed by atoms with Gasteiger partial charge in [0.25, 0.3) is 0 Å². The van der Waals surface area contributed by atoms with Crippen LogP contribution in [0, 0.1) is 11.3 Å². The molecule has 1 aliphatic rings. The topological polar surface area (TPSA) is 93.8 Å². The Hall–Kier alpha value is -2.89. The van der Waals surface area contributed by atoms with Crippen LogP contribution in [0.2, 0.25) is 0 Å². The van der Waals surface area contributed by atoms with Crippen LogP contribution in [0.25, 0.3) is 17.1 Å². The third kappa shape index (κ3) is 2.84. The van der Waals surface area contributed by atoms with Crippen molar-refractivity contribution in [2.24, 2.45) is 0 Å². The van der Waals surface area contributed by atoms with Crippen LogP contribution in [-0.4, -0.2) is 63.9 Å². The zero-order chi connectivity index (χ0) is 17.2. The van der Waals surface area contributed by atoms with Gasteiger partial charge in [0.1, 0.15) is 23.1 Å².